The second-order valence-electron chi connectivity index (χ2n) is 4.36. The smallest absolute Gasteiger partial charge is 0.156 e. The van der Waals surface area contributed by atoms with Gasteiger partial charge in [0.05, 0.1) is 12.3 Å². The van der Waals surface area contributed by atoms with E-state index in [1.807, 2.05) is 11.6 Å². The van der Waals surface area contributed by atoms with Gasteiger partial charge in [0, 0.05) is 26.6 Å². The van der Waals surface area contributed by atoms with Gasteiger partial charge in [-0.25, -0.2) is 9.97 Å². The Morgan fingerprint density at radius 2 is 2.05 bits per heavy atom. The van der Waals surface area contributed by atoms with Crippen LogP contribution in [0.5, 0.6) is 0 Å². The summed E-state index contributed by atoms with van der Waals surface area (Å²) >= 11 is 0. The van der Waals surface area contributed by atoms with Crippen LogP contribution in [0.4, 0.5) is 5.82 Å². The van der Waals surface area contributed by atoms with Crippen molar-refractivity contribution >= 4 is 16.9 Å². The van der Waals surface area contributed by atoms with Crippen molar-refractivity contribution in [1.82, 2.24) is 19.7 Å². The van der Waals surface area contributed by atoms with Gasteiger partial charge in [0.25, 0.3) is 0 Å². The summed E-state index contributed by atoms with van der Waals surface area (Å²) in [6, 6.07) is 0. The SMILES string of the molecule is CCc1nc(NCCOC)c2c(n1)c(C)nn2CC. The molecule has 19 heavy (non-hydrogen) atoms. The zero-order valence-electron chi connectivity index (χ0n) is 12.0. The highest BCUT2D eigenvalue weighted by Crippen LogP contribution is 2.23. The quantitative estimate of drug-likeness (QED) is 0.805. The normalized spacial score (nSPS) is 11.2. The van der Waals surface area contributed by atoms with E-state index in [9.17, 15) is 0 Å². The molecular formula is C13H21N5O. The van der Waals surface area contributed by atoms with Crippen molar-refractivity contribution in [1.29, 1.82) is 0 Å². The maximum Gasteiger partial charge on any atom is 0.156 e. The summed E-state index contributed by atoms with van der Waals surface area (Å²) in [5.74, 6) is 1.69. The van der Waals surface area contributed by atoms with Gasteiger partial charge in [-0.05, 0) is 13.8 Å². The second kappa shape index (κ2) is 5.97. The van der Waals surface area contributed by atoms with Crippen LogP contribution in [-0.4, -0.2) is 40.0 Å². The van der Waals surface area contributed by atoms with Crippen LogP contribution in [0.3, 0.4) is 0 Å². The van der Waals surface area contributed by atoms with Crippen molar-refractivity contribution in [3.63, 3.8) is 0 Å². The minimum Gasteiger partial charge on any atom is -0.383 e. The summed E-state index contributed by atoms with van der Waals surface area (Å²) in [7, 11) is 1.69. The van der Waals surface area contributed by atoms with Crippen molar-refractivity contribution in [2.24, 2.45) is 0 Å². The molecule has 6 heteroatoms. The molecule has 0 amide bonds. The highest BCUT2D eigenvalue weighted by atomic mass is 16.5. The molecule has 0 aliphatic heterocycles. The molecular weight excluding hydrogens is 242 g/mol. The van der Waals surface area contributed by atoms with Crippen molar-refractivity contribution in [2.75, 3.05) is 25.6 Å². The average Bonchev–Trinajstić information content (AvgIpc) is 2.76. The molecule has 6 nitrogen and oxygen atoms in total. The highest BCUT2D eigenvalue weighted by Gasteiger charge is 2.15. The third-order valence-corrected chi connectivity index (χ3v) is 3.02. The Morgan fingerprint density at radius 1 is 1.26 bits per heavy atom. The molecule has 2 rings (SSSR count). The first kappa shape index (κ1) is 13.7. The van der Waals surface area contributed by atoms with Crippen LogP contribution in [0.15, 0.2) is 0 Å². The first-order chi connectivity index (χ1) is 9.21. The summed E-state index contributed by atoms with van der Waals surface area (Å²) < 4.78 is 7.01. The van der Waals surface area contributed by atoms with E-state index in [0.29, 0.717) is 6.61 Å². The van der Waals surface area contributed by atoms with Gasteiger partial charge in [-0.2, -0.15) is 5.10 Å². The lowest BCUT2D eigenvalue weighted by molar-refractivity contribution is 0.210. The van der Waals surface area contributed by atoms with Gasteiger partial charge in [0.2, 0.25) is 0 Å². The molecule has 2 aromatic heterocycles. The van der Waals surface area contributed by atoms with Crippen LogP contribution in [-0.2, 0) is 17.7 Å². The lowest BCUT2D eigenvalue weighted by Gasteiger charge is -2.09. The van der Waals surface area contributed by atoms with Gasteiger partial charge in [0.15, 0.2) is 5.82 Å². The van der Waals surface area contributed by atoms with Crippen LogP contribution in [0.1, 0.15) is 25.4 Å². The highest BCUT2D eigenvalue weighted by molar-refractivity contribution is 5.87. The molecule has 0 spiro atoms. The van der Waals surface area contributed by atoms with Crippen LogP contribution < -0.4 is 5.32 Å². The molecule has 0 atom stereocenters. The lowest BCUT2D eigenvalue weighted by Crippen LogP contribution is -2.12. The zero-order chi connectivity index (χ0) is 13.8. The van der Waals surface area contributed by atoms with E-state index in [4.69, 9.17) is 4.74 Å². The van der Waals surface area contributed by atoms with Gasteiger partial charge in [-0.1, -0.05) is 6.92 Å². The number of rotatable bonds is 6. The Morgan fingerprint density at radius 3 is 2.68 bits per heavy atom. The third-order valence-electron chi connectivity index (χ3n) is 3.02. The van der Waals surface area contributed by atoms with E-state index in [1.165, 1.54) is 0 Å². The van der Waals surface area contributed by atoms with Gasteiger partial charge >= 0.3 is 0 Å². The van der Waals surface area contributed by atoms with Crippen LogP contribution in [0, 0.1) is 6.92 Å². The van der Waals surface area contributed by atoms with Gasteiger partial charge in [0.1, 0.15) is 16.9 Å². The summed E-state index contributed by atoms with van der Waals surface area (Å²) in [4.78, 5) is 9.16. The molecule has 0 aromatic carbocycles. The number of hydrogen-bond acceptors (Lipinski definition) is 5. The molecule has 0 radical (unpaired) electrons. The number of aryl methyl sites for hydroxylation is 3. The first-order valence-corrected chi connectivity index (χ1v) is 6.68. The number of nitrogens with one attached hydrogen (secondary N) is 1. The Labute approximate surface area is 113 Å². The summed E-state index contributed by atoms with van der Waals surface area (Å²) in [5, 5.41) is 7.83. The van der Waals surface area contributed by atoms with Crippen LogP contribution in [0.25, 0.3) is 11.0 Å². The lowest BCUT2D eigenvalue weighted by atomic mass is 10.3. The first-order valence-electron chi connectivity index (χ1n) is 6.68. The fourth-order valence-corrected chi connectivity index (χ4v) is 2.06. The number of aromatic nitrogens is 4. The van der Waals surface area contributed by atoms with E-state index < -0.39 is 0 Å². The fraction of sp³-hybridized carbons (Fsp3) is 0.615. The molecule has 0 saturated heterocycles. The number of nitrogens with zero attached hydrogens (tertiary/aromatic N) is 4. The van der Waals surface area contributed by atoms with Crippen molar-refractivity contribution in [3.05, 3.63) is 11.5 Å². The van der Waals surface area contributed by atoms with Crippen molar-refractivity contribution in [3.8, 4) is 0 Å². The van der Waals surface area contributed by atoms with E-state index in [1.54, 1.807) is 7.11 Å². The Kier molecular flexibility index (Phi) is 4.31. The number of hydrogen-bond donors (Lipinski definition) is 1. The molecule has 2 heterocycles. The maximum absolute atomic E-state index is 5.07. The molecule has 0 bridgehead atoms. The molecule has 1 N–H and O–H groups in total. The molecule has 104 valence electrons. The Balaban J connectivity index is 2.50. The predicted octanol–water partition coefficient (Wildman–Crippen LogP) is 1.78. The zero-order valence-corrected chi connectivity index (χ0v) is 12.0. The standard InChI is InChI=1S/C13H21N5O/c1-5-10-15-11-9(3)17-18(6-2)12(11)13(16-10)14-7-8-19-4/h5-8H2,1-4H3,(H,14,15,16). The van der Waals surface area contributed by atoms with Crippen LogP contribution in [0.2, 0.25) is 0 Å². The topological polar surface area (TPSA) is 64.9 Å². The van der Waals surface area contributed by atoms with E-state index in [2.05, 4.69) is 34.2 Å². The number of anilines is 1. The Hall–Kier alpha value is -1.69. The van der Waals surface area contributed by atoms with Crippen molar-refractivity contribution in [2.45, 2.75) is 33.7 Å². The summed E-state index contributed by atoms with van der Waals surface area (Å²) in [5.41, 5.74) is 2.87. The number of ether oxygens (including phenoxy) is 1. The van der Waals surface area contributed by atoms with E-state index in [-0.39, 0.29) is 0 Å². The Bertz CT molecular complexity index is 564. The molecule has 2 aromatic rings. The van der Waals surface area contributed by atoms with Crippen LogP contribution >= 0.6 is 0 Å². The second-order valence-corrected chi connectivity index (χ2v) is 4.36. The molecule has 0 aliphatic carbocycles. The van der Waals surface area contributed by atoms with Gasteiger partial charge in [-0.15, -0.1) is 0 Å². The molecule has 0 aliphatic rings. The largest absolute Gasteiger partial charge is 0.383 e. The maximum atomic E-state index is 5.07. The number of methoxy groups -OCH3 is 1. The summed E-state index contributed by atoms with van der Waals surface area (Å²) in [6.45, 7) is 8.28. The third kappa shape index (κ3) is 2.68. The molecule has 0 unspecified atom stereocenters. The molecule has 0 fully saturated rings. The predicted molar refractivity (Wildman–Crippen MR) is 75.5 cm³/mol. The minimum absolute atomic E-state index is 0.645. The minimum atomic E-state index is 0.645. The van der Waals surface area contributed by atoms with Gasteiger partial charge < -0.3 is 10.1 Å². The monoisotopic (exact) mass is 263 g/mol. The molecule has 0 saturated carbocycles. The fourth-order valence-electron chi connectivity index (χ4n) is 2.06. The van der Waals surface area contributed by atoms with Crippen molar-refractivity contribution < 1.29 is 4.74 Å². The summed E-state index contributed by atoms with van der Waals surface area (Å²) in [6.07, 6.45) is 0.811. The average molecular weight is 263 g/mol. The van der Waals surface area contributed by atoms with Gasteiger partial charge in [-0.3, -0.25) is 4.68 Å². The van der Waals surface area contributed by atoms with E-state index in [0.717, 1.165) is 47.9 Å². The number of fused-ring (bicyclic) bond motifs is 1. The van der Waals surface area contributed by atoms with E-state index >= 15 is 0 Å².